The molecular weight excluding hydrogens is 142 g/mol. The number of rotatable bonds is 2. The van der Waals surface area contributed by atoms with Gasteiger partial charge in [0.25, 0.3) is 0 Å². The summed E-state index contributed by atoms with van der Waals surface area (Å²) < 4.78 is 5.20. The van der Waals surface area contributed by atoms with Gasteiger partial charge in [-0.25, -0.2) is 0 Å². The zero-order chi connectivity index (χ0) is 8.43. The van der Waals surface area contributed by atoms with E-state index in [2.05, 4.69) is 0 Å². The summed E-state index contributed by atoms with van der Waals surface area (Å²) in [5.41, 5.74) is 0. The number of aliphatic hydroxyl groups is 2. The van der Waals surface area contributed by atoms with Gasteiger partial charge in [0.15, 0.2) is 0 Å². The highest BCUT2D eigenvalue weighted by molar-refractivity contribution is 6.90. The van der Waals surface area contributed by atoms with Crippen LogP contribution >= 0.6 is 0 Å². The molecule has 5 heteroatoms. The summed E-state index contributed by atoms with van der Waals surface area (Å²) >= 11 is 0. The minimum atomic E-state index is -0.607. The molecule has 2 N–H and O–H groups in total. The summed E-state index contributed by atoms with van der Waals surface area (Å²) in [6.45, 7) is 1.68. The van der Waals surface area contributed by atoms with Crippen LogP contribution in [-0.2, 0) is 4.74 Å². The lowest BCUT2D eigenvalue weighted by Crippen LogP contribution is -2.28. The molecular formula is C6H11B2O3. The first-order valence-electron chi connectivity index (χ1n) is 3.70. The zero-order valence-corrected chi connectivity index (χ0v) is 6.47. The third-order valence-electron chi connectivity index (χ3n) is 2.14. The van der Waals surface area contributed by atoms with Crippen molar-refractivity contribution in [1.29, 1.82) is 0 Å². The Balaban J connectivity index is 2.53. The Hall–Kier alpha value is 0.00987. The third kappa shape index (κ3) is 1.60. The molecule has 1 aliphatic rings. The lowest BCUT2D eigenvalue weighted by molar-refractivity contribution is -0.00513. The van der Waals surface area contributed by atoms with Crippen molar-refractivity contribution < 1.29 is 14.9 Å². The van der Waals surface area contributed by atoms with E-state index < -0.39 is 12.2 Å². The van der Waals surface area contributed by atoms with Gasteiger partial charge < -0.3 is 14.9 Å². The van der Waals surface area contributed by atoms with Crippen LogP contribution in [0.2, 0.25) is 0 Å². The Kier molecular flexibility index (Phi) is 2.98. The van der Waals surface area contributed by atoms with E-state index in [9.17, 15) is 5.11 Å². The standard InChI is InChI=1S/C6H11B2O3/c1-3-5(10)4(2-9)11-6(3)8-7/h3-6,9-10H,2H2,1H3/t3-,4-,5+,6-/m1/s1. The minimum absolute atomic E-state index is 0.0304. The molecule has 1 aliphatic heterocycles. The van der Waals surface area contributed by atoms with Crippen LogP contribution in [0.15, 0.2) is 0 Å². The maximum atomic E-state index is 9.40. The van der Waals surface area contributed by atoms with E-state index in [0.29, 0.717) is 0 Å². The summed E-state index contributed by atoms with van der Waals surface area (Å²) in [7, 11) is 6.67. The SMILES string of the molecule is [B][B][C@@H]1O[C@H](CO)[C@@H](O)[C@H]1C. The molecule has 0 aromatic heterocycles. The van der Waals surface area contributed by atoms with Crippen molar-refractivity contribution in [3.05, 3.63) is 0 Å². The summed E-state index contributed by atoms with van der Waals surface area (Å²) in [6, 6.07) is -0.234. The molecule has 1 heterocycles. The third-order valence-corrected chi connectivity index (χ3v) is 2.14. The van der Waals surface area contributed by atoms with Gasteiger partial charge in [-0.1, -0.05) is 6.92 Å². The summed E-state index contributed by atoms with van der Waals surface area (Å²) in [4.78, 5) is 0. The van der Waals surface area contributed by atoms with Crippen molar-refractivity contribution in [2.45, 2.75) is 25.1 Å². The molecule has 1 saturated heterocycles. The van der Waals surface area contributed by atoms with Crippen LogP contribution in [0, 0.1) is 5.92 Å². The van der Waals surface area contributed by atoms with Gasteiger partial charge in [0.2, 0.25) is 0 Å². The first-order valence-corrected chi connectivity index (χ1v) is 3.70. The molecule has 0 bridgehead atoms. The van der Waals surface area contributed by atoms with Gasteiger partial charge >= 0.3 is 0 Å². The smallest absolute Gasteiger partial charge is 0.106 e. The summed E-state index contributed by atoms with van der Waals surface area (Å²) in [5.74, 6) is -0.0304. The molecule has 0 aromatic carbocycles. The lowest BCUT2D eigenvalue weighted by Gasteiger charge is -2.12. The predicted molar refractivity (Wildman–Crippen MR) is 42.4 cm³/mol. The van der Waals surface area contributed by atoms with E-state index >= 15 is 0 Å². The van der Waals surface area contributed by atoms with Crippen molar-refractivity contribution in [3.8, 4) is 0 Å². The van der Waals surface area contributed by atoms with E-state index in [1.807, 2.05) is 6.92 Å². The molecule has 0 aliphatic carbocycles. The largest absolute Gasteiger partial charge is 0.394 e. The highest BCUT2D eigenvalue weighted by Crippen LogP contribution is 2.25. The second kappa shape index (κ2) is 3.61. The van der Waals surface area contributed by atoms with E-state index in [4.69, 9.17) is 17.6 Å². The molecule has 1 rings (SSSR count). The van der Waals surface area contributed by atoms with Gasteiger partial charge in [0, 0.05) is 19.7 Å². The monoisotopic (exact) mass is 153 g/mol. The van der Waals surface area contributed by atoms with E-state index in [1.165, 1.54) is 7.17 Å². The second-order valence-electron chi connectivity index (χ2n) is 2.86. The molecule has 0 saturated carbocycles. The molecule has 3 nitrogen and oxygen atoms in total. The van der Waals surface area contributed by atoms with Gasteiger partial charge in [-0.3, -0.25) is 0 Å². The van der Waals surface area contributed by atoms with Gasteiger partial charge in [-0.15, -0.1) is 0 Å². The van der Waals surface area contributed by atoms with Gasteiger partial charge in [0.05, 0.1) is 19.9 Å². The van der Waals surface area contributed by atoms with Crippen molar-refractivity contribution in [1.82, 2.24) is 0 Å². The fraction of sp³-hybridized carbons (Fsp3) is 1.00. The fourth-order valence-corrected chi connectivity index (χ4v) is 1.31. The minimum Gasteiger partial charge on any atom is -0.394 e. The van der Waals surface area contributed by atoms with Crippen molar-refractivity contribution in [2.24, 2.45) is 5.92 Å². The molecule has 0 amide bonds. The van der Waals surface area contributed by atoms with Gasteiger partial charge in [-0.05, 0) is 0 Å². The highest BCUT2D eigenvalue weighted by atomic mass is 16.5. The fourth-order valence-electron chi connectivity index (χ4n) is 1.31. The quantitative estimate of drug-likeness (QED) is 0.474. The summed E-state index contributed by atoms with van der Waals surface area (Å²) in [6.07, 6.45) is -1.08. The van der Waals surface area contributed by atoms with Crippen LogP contribution < -0.4 is 0 Å². The van der Waals surface area contributed by atoms with Crippen LogP contribution in [0.25, 0.3) is 0 Å². The Morgan fingerprint density at radius 3 is 2.55 bits per heavy atom. The molecule has 1 fully saturated rings. The Bertz CT molecular complexity index is 115. The molecule has 0 spiro atoms. The molecule has 3 radical (unpaired) electrons. The van der Waals surface area contributed by atoms with Crippen molar-refractivity contribution in [2.75, 3.05) is 6.61 Å². The average Bonchev–Trinajstić information content (AvgIpc) is 2.30. The normalized spacial score (nSPS) is 44.3. The Labute approximate surface area is 68.4 Å². The van der Waals surface area contributed by atoms with E-state index in [0.717, 1.165) is 0 Å². The lowest BCUT2D eigenvalue weighted by atomic mass is 9.49. The number of ether oxygens (including phenoxy) is 1. The van der Waals surface area contributed by atoms with Crippen molar-refractivity contribution in [3.63, 3.8) is 0 Å². The number of hydrogen-bond acceptors (Lipinski definition) is 3. The van der Waals surface area contributed by atoms with Crippen LogP contribution in [-0.4, -0.2) is 49.9 Å². The second-order valence-corrected chi connectivity index (χ2v) is 2.86. The number of aliphatic hydroxyl groups excluding tert-OH is 2. The van der Waals surface area contributed by atoms with Crippen LogP contribution in [0.4, 0.5) is 0 Å². The first-order chi connectivity index (χ1) is 5.20. The van der Waals surface area contributed by atoms with Crippen LogP contribution in [0.3, 0.4) is 0 Å². The van der Waals surface area contributed by atoms with Crippen LogP contribution in [0.5, 0.6) is 0 Å². The summed E-state index contributed by atoms with van der Waals surface area (Å²) in [5, 5.41) is 18.1. The van der Waals surface area contributed by atoms with Gasteiger partial charge in [0.1, 0.15) is 6.10 Å². The highest BCUT2D eigenvalue weighted by Gasteiger charge is 2.38. The zero-order valence-electron chi connectivity index (χ0n) is 6.47. The maximum absolute atomic E-state index is 9.40. The molecule has 4 atom stereocenters. The Morgan fingerprint density at radius 1 is 1.64 bits per heavy atom. The molecule has 0 unspecified atom stereocenters. The molecule has 0 aromatic rings. The van der Waals surface area contributed by atoms with Crippen LogP contribution in [0.1, 0.15) is 6.92 Å². The van der Waals surface area contributed by atoms with E-state index in [1.54, 1.807) is 0 Å². The Morgan fingerprint density at radius 2 is 2.27 bits per heavy atom. The first kappa shape index (κ1) is 9.10. The van der Waals surface area contributed by atoms with Crippen molar-refractivity contribution >= 4 is 14.9 Å². The number of hydrogen-bond donors (Lipinski definition) is 2. The van der Waals surface area contributed by atoms with Gasteiger partial charge in [-0.2, -0.15) is 0 Å². The molecule has 59 valence electrons. The maximum Gasteiger partial charge on any atom is 0.106 e. The van der Waals surface area contributed by atoms with E-state index in [-0.39, 0.29) is 18.5 Å². The topological polar surface area (TPSA) is 49.7 Å². The predicted octanol–water partition coefficient (Wildman–Crippen LogP) is -1.51. The molecule has 11 heavy (non-hydrogen) atoms. The average molecular weight is 153 g/mol.